The molecule has 0 spiro atoms. The standard InChI is InChI=1S/C26H22N4O2/c1-16(31)18-6-5-7-19(14-18)23-15-22(24(25(27)28)26(29)30-23)17-10-12-21(13-11-17)32-20-8-3-2-4-9-20/h2-15H,1H3,(H3,27,28)(H2,29,30). The van der Waals surface area contributed by atoms with Crippen LogP contribution in [0, 0.1) is 5.41 Å². The van der Waals surface area contributed by atoms with Gasteiger partial charge in [-0.3, -0.25) is 10.2 Å². The normalized spacial score (nSPS) is 10.5. The van der Waals surface area contributed by atoms with Crippen molar-refractivity contribution >= 4 is 17.4 Å². The first kappa shape index (κ1) is 20.8. The van der Waals surface area contributed by atoms with E-state index in [9.17, 15) is 4.79 Å². The minimum atomic E-state index is -0.168. The molecule has 0 saturated heterocycles. The fraction of sp³-hybridized carbons (Fsp3) is 0.0385. The molecule has 0 saturated carbocycles. The lowest BCUT2D eigenvalue weighted by Crippen LogP contribution is -2.16. The summed E-state index contributed by atoms with van der Waals surface area (Å²) in [4.78, 5) is 16.2. The summed E-state index contributed by atoms with van der Waals surface area (Å²) in [5.74, 6) is 1.38. The Labute approximate surface area is 186 Å². The molecule has 0 aliphatic carbocycles. The average Bonchev–Trinajstić information content (AvgIpc) is 2.79. The predicted octanol–water partition coefficient (Wildman–Crippen LogP) is 5.28. The number of amidine groups is 1. The molecule has 3 aromatic carbocycles. The number of pyridine rings is 1. The van der Waals surface area contributed by atoms with Gasteiger partial charge in [0.2, 0.25) is 0 Å². The van der Waals surface area contributed by atoms with Crippen molar-refractivity contribution in [3.05, 3.63) is 96.1 Å². The number of nitrogens with one attached hydrogen (secondary N) is 1. The topological polar surface area (TPSA) is 115 Å². The quantitative estimate of drug-likeness (QED) is 0.222. The molecule has 1 heterocycles. The molecular formula is C26H22N4O2. The molecule has 32 heavy (non-hydrogen) atoms. The smallest absolute Gasteiger partial charge is 0.159 e. The number of carbonyl (C=O) groups is 1. The van der Waals surface area contributed by atoms with E-state index >= 15 is 0 Å². The zero-order chi connectivity index (χ0) is 22.7. The SMILES string of the molecule is CC(=O)c1cccc(-c2cc(-c3ccc(Oc4ccccc4)cc3)c(C(=N)N)c(N)n2)c1. The van der Waals surface area contributed by atoms with Crippen molar-refractivity contribution in [3.63, 3.8) is 0 Å². The molecule has 1 aromatic heterocycles. The first-order valence-electron chi connectivity index (χ1n) is 10.0. The van der Waals surface area contributed by atoms with Crippen LogP contribution >= 0.6 is 0 Å². The van der Waals surface area contributed by atoms with E-state index in [2.05, 4.69) is 4.98 Å². The van der Waals surface area contributed by atoms with Gasteiger partial charge in [0.05, 0.1) is 11.3 Å². The van der Waals surface area contributed by atoms with Crippen molar-refractivity contribution in [3.8, 4) is 33.9 Å². The lowest BCUT2D eigenvalue weighted by atomic mass is 9.96. The largest absolute Gasteiger partial charge is 0.457 e. The number of Topliss-reactive ketones (excluding diaryl/α,β-unsaturated/α-hetero) is 1. The number of nitrogens with two attached hydrogens (primary N) is 2. The number of nitrogen functional groups attached to an aromatic ring is 2. The third kappa shape index (κ3) is 4.34. The zero-order valence-electron chi connectivity index (χ0n) is 17.5. The number of nitrogens with zero attached hydrogens (tertiary/aromatic N) is 1. The summed E-state index contributed by atoms with van der Waals surface area (Å²) >= 11 is 0. The molecule has 0 atom stereocenters. The monoisotopic (exact) mass is 422 g/mol. The number of benzene rings is 3. The van der Waals surface area contributed by atoms with Crippen LogP contribution in [-0.2, 0) is 0 Å². The maximum absolute atomic E-state index is 11.8. The molecule has 158 valence electrons. The first-order chi connectivity index (χ1) is 15.4. The number of anilines is 1. The van der Waals surface area contributed by atoms with E-state index in [1.807, 2.05) is 66.7 Å². The molecule has 4 aromatic rings. The molecule has 0 radical (unpaired) electrons. The second-order valence-corrected chi connectivity index (χ2v) is 7.31. The molecule has 6 nitrogen and oxygen atoms in total. The van der Waals surface area contributed by atoms with Gasteiger partial charge in [0.25, 0.3) is 0 Å². The third-order valence-electron chi connectivity index (χ3n) is 5.03. The highest BCUT2D eigenvalue weighted by Crippen LogP contribution is 2.33. The number of carbonyl (C=O) groups excluding carboxylic acids is 1. The summed E-state index contributed by atoms with van der Waals surface area (Å²) in [5, 5.41) is 8.01. The van der Waals surface area contributed by atoms with E-state index < -0.39 is 0 Å². The van der Waals surface area contributed by atoms with Gasteiger partial charge in [-0.05, 0) is 54.4 Å². The lowest BCUT2D eigenvalue weighted by Gasteiger charge is -2.14. The fourth-order valence-corrected chi connectivity index (χ4v) is 3.45. The molecule has 5 N–H and O–H groups in total. The van der Waals surface area contributed by atoms with Gasteiger partial charge < -0.3 is 16.2 Å². The van der Waals surface area contributed by atoms with E-state index in [0.29, 0.717) is 28.1 Å². The van der Waals surface area contributed by atoms with Crippen LogP contribution in [0.15, 0.2) is 84.9 Å². The van der Waals surface area contributed by atoms with E-state index in [1.165, 1.54) is 6.92 Å². The number of para-hydroxylation sites is 1. The Kier molecular flexibility index (Phi) is 5.68. The van der Waals surface area contributed by atoms with Crippen LogP contribution in [0.3, 0.4) is 0 Å². The van der Waals surface area contributed by atoms with Gasteiger partial charge in [-0.1, -0.05) is 48.5 Å². The van der Waals surface area contributed by atoms with Gasteiger partial charge in [-0.25, -0.2) is 4.98 Å². The van der Waals surface area contributed by atoms with Crippen LogP contribution in [-0.4, -0.2) is 16.6 Å². The Hall–Kier alpha value is -4.45. The summed E-state index contributed by atoms with van der Waals surface area (Å²) in [6, 6.07) is 26.0. The molecule has 6 heteroatoms. The van der Waals surface area contributed by atoms with E-state index in [0.717, 1.165) is 16.9 Å². The number of ketones is 1. The van der Waals surface area contributed by atoms with Crippen molar-refractivity contribution in [1.29, 1.82) is 5.41 Å². The van der Waals surface area contributed by atoms with Crippen molar-refractivity contribution in [2.24, 2.45) is 5.73 Å². The molecule has 0 aliphatic heterocycles. The number of ether oxygens (including phenoxy) is 1. The van der Waals surface area contributed by atoms with Crippen molar-refractivity contribution < 1.29 is 9.53 Å². The van der Waals surface area contributed by atoms with Crippen molar-refractivity contribution in [1.82, 2.24) is 4.98 Å². The van der Waals surface area contributed by atoms with E-state index in [1.54, 1.807) is 18.2 Å². The number of hydrogen-bond acceptors (Lipinski definition) is 5. The Morgan fingerprint density at radius 3 is 2.22 bits per heavy atom. The Morgan fingerprint density at radius 1 is 0.875 bits per heavy atom. The van der Waals surface area contributed by atoms with Crippen LogP contribution < -0.4 is 16.2 Å². The van der Waals surface area contributed by atoms with E-state index in [-0.39, 0.29) is 17.4 Å². The second-order valence-electron chi connectivity index (χ2n) is 7.31. The third-order valence-corrected chi connectivity index (χ3v) is 5.03. The summed E-state index contributed by atoms with van der Waals surface area (Å²) in [6.07, 6.45) is 0. The summed E-state index contributed by atoms with van der Waals surface area (Å²) < 4.78 is 5.86. The summed E-state index contributed by atoms with van der Waals surface area (Å²) in [7, 11) is 0. The van der Waals surface area contributed by atoms with Crippen molar-refractivity contribution in [2.75, 3.05) is 5.73 Å². The maximum Gasteiger partial charge on any atom is 0.159 e. The second kappa shape index (κ2) is 8.73. The molecule has 0 bridgehead atoms. The Balaban J connectivity index is 1.76. The van der Waals surface area contributed by atoms with Crippen LogP contribution in [0.2, 0.25) is 0 Å². The zero-order valence-corrected chi connectivity index (χ0v) is 17.5. The summed E-state index contributed by atoms with van der Waals surface area (Å²) in [5.41, 5.74) is 15.8. The fourth-order valence-electron chi connectivity index (χ4n) is 3.45. The maximum atomic E-state index is 11.8. The van der Waals surface area contributed by atoms with Crippen LogP contribution in [0.25, 0.3) is 22.4 Å². The molecule has 4 rings (SSSR count). The lowest BCUT2D eigenvalue weighted by molar-refractivity contribution is 0.101. The van der Waals surface area contributed by atoms with Crippen LogP contribution in [0.1, 0.15) is 22.8 Å². The van der Waals surface area contributed by atoms with Crippen molar-refractivity contribution in [2.45, 2.75) is 6.92 Å². The molecule has 0 fully saturated rings. The minimum absolute atomic E-state index is 0.0330. The predicted molar refractivity (Wildman–Crippen MR) is 127 cm³/mol. The van der Waals surface area contributed by atoms with Gasteiger partial charge in [0.1, 0.15) is 23.2 Å². The van der Waals surface area contributed by atoms with Gasteiger partial charge in [-0.15, -0.1) is 0 Å². The Bertz CT molecular complexity index is 1300. The van der Waals surface area contributed by atoms with Gasteiger partial charge in [0.15, 0.2) is 5.78 Å². The highest BCUT2D eigenvalue weighted by molar-refractivity contribution is 6.06. The van der Waals surface area contributed by atoms with Gasteiger partial charge >= 0.3 is 0 Å². The van der Waals surface area contributed by atoms with Gasteiger partial charge in [0, 0.05) is 11.1 Å². The highest BCUT2D eigenvalue weighted by Gasteiger charge is 2.16. The molecular weight excluding hydrogens is 400 g/mol. The number of rotatable bonds is 6. The molecule has 0 unspecified atom stereocenters. The molecule has 0 amide bonds. The van der Waals surface area contributed by atoms with Crippen LogP contribution in [0.5, 0.6) is 11.5 Å². The van der Waals surface area contributed by atoms with E-state index in [4.69, 9.17) is 21.6 Å². The molecule has 0 aliphatic rings. The first-order valence-corrected chi connectivity index (χ1v) is 10.0. The number of hydrogen-bond donors (Lipinski definition) is 3. The average molecular weight is 422 g/mol. The number of aromatic nitrogens is 1. The Morgan fingerprint density at radius 2 is 1.56 bits per heavy atom. The van der Waals surface area contributed by atoms with Gasteiger partial charge in [-0.2, -0.15) is 0 Å². The summed E-state index contributed by atoms with van der Waals surface area (Å²) in [6.45, 7) is 1.52. The van der Waals surface area contributed by atoms with Crippen LogP contribution in [0.4, 0.5) is 5.82 Å². The minimum Gasteiger partial charge on any atom is -0.457 e. The highest BCUT2D eigenvalue weighted by atomic mass is 16.5.